The molecule has 0 aromatic carbocycles. The van der Waals surface area contributed by atoms with Gasteiger partial charge in [-0.1, -0.05) is 0 Å². The van der Waals surface area contributed by atoms with Gasteiger partial charge >= 0.3 is 6.11 Å². The number of rotatable bonds is 3. The normalized spacial score (nSPS) is 12.1. The van der Waals surface area contributed by atoms with Crippen LogP contribution in [-0.4, -0.2) is 17.1 Å². The van der Waals surface area contributed by atoms with Crippen LogP contribution in [0.3, 0.4) is 0 Å². The summed E-state index contributed by atoms with van der Waals surface area (Å²) in [6, 6.07) is 1.94. The minimum atomic E-state index is -3.77. The minimum Gasteiger partial charge on any atom is -0.317 e. The molecule has 0 fully saturated rings. The van der Waals surface area contributed by atoms with Crippen LogP contribution in [0.4, 0.5) is 17.6 Å². The minimum absolute atomic E-state index is 0.705. The van der Waals surface area contributed by atoms with Crippen molar-refractivity contribution in [3.8, 4) is 0 Å². The molecule has 1 radical (unpaired) electrons. The van der Waals surface area contributed by atoms with E-state index in [2.05, 4.69) is 14.7 Å². The maximum atomic E-state index is 12.7. The number of nitrogens with zero attached hydrogens (tertiary/aromatic N) is 2. The van der Waals surface area contributed by atoms with E-state index in [-0.39, 0.29) is 0 Å². The summed E-state index contributed by atoms with van der Waals surface area (Å²) in [6.07, 6.45) is -6.03. The van der Waals surface area contributed by atoms with E-state index in [1.807, 2.05) is 6.07 Å². The highest BCUT2D eigenvalue weighted by atomic mass is 19.3. The Morgan fingerprint density at radius 3 is 2.64 bits per heavy atom. The Bertz CT molecular complexity index is 318. The Morgan fingerprint density at radius 2 is 2.14 bits per heavy atom. The topological polar surface area (TPSA) is 35.0 Å². The third-order valence-electron chi connectivity index (χ3n) is 1.35. The highest BCUT2D eigenvalue weighted by Crippen LogP contribution is 2.26. The number of alkyl halides is 4. The largest absolute Gasteiger partial charge is 0.417 e. The van der Waals surface area contributed by atoms with Crippen molar-refractivity contribution in [1.29, 1.82) is 0 Å². The molecule has 77 valence electrons. The fraction of sp³-hybridized carbons (Fsp3) is 0.429. The van der Waals surface area contributed by atoms with Gasteiger partial charge in [-0.05, 0) is 0 Å². The fourth-order valence-electron chi connectivity index (χ4n) is 0.678. The van der Waals surface area contributed by atoms with Gasteiger partial charge in [0.2, 0.25) is 5.82 Å². The van der Waals surface area contributed by atoms with Gasteiger partial charge in [-0.25, -0.2) is 18.7 Å². The van der Waals surface area contributed by atoms with Crippen LogP contribution < -0.4 is 0 Å². The molecule has 14 heavy (non-hydrogen) atoms. The summed E-state index contributed by atoms with van der Waals surface area (Å²) < 4.78 is 53.3. The van der Waals surface area contributed by atoms with Crippen molar-refractivity contribution in [3.05, 3.63) is 23.8 Å². The van der Waals surface area contributed by atoms with Gasteiger partial charge in [0.05, 0.1) is 0 Å². The molecule has 1 heterocycles. The zero-order chi connectivity index (χ0) is 10.8. The molecule has 7 heteroatoms. The summed E-state index contributed by atoms with van der Waals surface area (Å²) in [7, 11) is 0.724. The average Bonchev–Trinajstić information content (AvgIpc) is 2.18. The van der Waals surface area contributed by atoms with Crippen LogP contribution in [0.15, 0.2) is 6.20 Å². The lowest BCUT2D eigenvalue weighted by atomic mass is 10.4. The van der Waals surface area contributed by atoms with Gasteiger partial charge in [-0.2, -0.15) is 8.78 Å². The van der Waals surface area contributed by atoms with E-state index in [0.717, 1.165) is 7.11 Å². The molecule has 0 N–H and O–H groups in total. The SMILES string of the molecule is COC(F)(F)c1nc[c]c(C(F)F)n1. The first-order valence-corrected chi connectivity index (χ1v) is 3.43. The van der Waals surface area contributed by atoms with Crippen LogP contribution in [0, 0.1) is 6.07 Å². The van der Waals surface area contributed by atoms with Crippen LogP contribution in [0.1, 0.15) is 17.9 Å². The first-order valence-electron chi connectivity index (χ1n) is 3.43. The van der Waals surface area contributed by atoms with Crippen LogP contribution in [0.2, 0.25) is 0 Å². The fourth-order valence-corrected chi connectivity index (χ4v) is 0.678. The van der Waals surface area contributed by atoms with Gasteiger partial charge in [-0.15, -0.1) is 0 Å². The van der Waals surface area contributed by atoms with E-state index in [1.165, 1.54) is 0 Å². The second-order valence-corrected chi connectivity index (χ2v) is 2.24. The number of aromatic nitrogens is 2. The number of hydrogen-bond donors (Lipinski definition) is 0. The molecular weight excluding hydrogens is 204 g/mol. The second-order valence-electron chi connectivity index (χ2n) is 2.24. The molecule has 0 unspecified atom stereocenters. The third-order valence-corrected chi connectivity index (χ3v) is 1.35. The van der Waals surface area contributed by atoms with Crippen molar-refractivity contribution in [2.45, 2.75) is 12.5 Å². The van der Waals surface area contributed by atoms with Crippen molar-refractivity contribution in [1.82, 2.24) is 9.97 Å². The predicted molar refractivity (Wildman–Crippen MR) is 36.7 cm³/mol. The van der Waals surface area contributed by atoms with Gasteiger partial charge in [0.25, 0.3) is 6.43 Å². The zero-order valence-corrected chi connectivity index (χ0v) is 6.97. The maximum absolute atomic E-state index is 12.7. The van der Waals surface area contributed by atoms with E-state index in [4.69, 9.17) is 0 Å². The lowest BCUT2D eigenvalue weighted by Crippen LogP contribution is -2.20. The second kappa shape index (κ2) is 3.87. The molecule has 0 atom stereocenters. The Labute approximate surface area is 76.7 Å². The molecule has 0 saturated carbocycles. The van der Waals surface area contributed by atoms with Crippen molar-refractivity contribution < 1.29 is 22.3 Å². The van der Waals surface area contributed by atoms with Crippen molar-refractivity contribution >= 4 is 0 Å². The average molecular weight is 209 g/mol. The third kappa shape index (κ3) is 2.16. The maximum Gasteiger partial charge on any atom is 0.417 e. The molecule has 0 amide bonds. The van der Waals surface area contributed by atoms with Crippen LogP contribution in [0.25, 0.3) is 0 Å². The standard InChI is InChI=1S/C7H5F4N2O/c1-14-7(10,11)6-12-3-2-4(13-6)5(8)9/h3,5H,1H3. The molecule has 0 aliphatic rings. The van der Waals surface area contributed by atoms with Crippen molar-refractivity contribution in [2.75, 3.05) is 7.11 Å². The van der Waals surface area contributed by atoms with Gasteiger partial charge < -0.3 is 4.74 Å². The van der Waals surface area contributed by atoms with Gasteiger partial charge in [0.1, 0.15) is 5.69 Å². The molecule has 0 bridgehead atoms. The Hall–Kier alpha value is -1.24. The quantitative estimate of drug-likeness (QED) is 0.713. The van der Waals surface area contributed by atoms with Gasteiger partial charge in [0.15, 0.2) is 0 Å². The summed E-state index contributed by atoms with van der Waals surface area (Å²) >= 11 is 0. The number of hydrogen-bond acceptors (Lipinski definition) is 3. The Kier molecular flexibility index (Phi) is 3.00. The number of halogens is 4. The number of methoxy groups -OCH3 is 1. The molecule has 0 aliphatic carbocycles. The monoisotopic (exact) mass is 209 g/mol. The van der Waals surface area contributed by atoms with Crippen molar-refractivity contribution in [2.24, 2.45) is 0 Å². The smallest absolute Gasteiger partial charge is 0.317 e. The number of ether oxygens (including phenoxy) is 1. The molecule has 0 aliphatic heterocycles. The first kappa shape index (κ1) is 10.8. The Morgan fingerprint density at radius 1 is 1.50 bits per heavy atom. The Balaban J connectivity index is 3.05. The summed E-state index contributed by atoms with van der Waals surface area (Å²) in [5.41, 5.74) is -0.883. The molecule has 1 rings (SSSR count). The molecule has 1 aromatic rings. The van der Waals surface area contributed by atoms with E-state index >= 15 is 0 Å². The van der Waals surface area contributed by atoms with E-state index in [9.17, 15) is 17.6 Å². The van der Waals surface area contributed by atoms with E-state index < -0.39 is 24.1 Å². The van der Waals surface area contributed by atoms with Crippen molar-refractivity contribution in [3.63, 3.8) is 0 Å². The van der Waals surface area contributed by atoms with Crippen LogP contribution in [-0.2, 0) is 10.8 Å². The molecule has 3 nitrogen and oxygen atoms in total. The van der Waals surface area contributed by atoms with Gasteiger partial charge in [-0.3, -0.25) is 0 Å². The summed E-state index contributed by atoms with van der Waals surface area (Å²) in [4.78, 5) is 6.01. The predicted octanol–water partition coefficient (Wildman–Crippen LogP) is 1.91. The molecule has 0 spiro atoms. The van der Waals surface area contributed by atoms with E-state index in [1.54, 1.807) is 0 Å². The molecule has 0 saturated heterocycles. The van der Waals surface area contributed by atoms with Gasteiger partial charge in [0, 0.05) is 19.4 Å². The summed E-state index contributed by atoms with van der Waals surface area (Å²) in [6.45, 7) is 0. The summed E-state index contributed by atoms with van der Waals surface area (Å²) in [5.74, 6) is -1.10. The molecule has 1 aromatic heterocycles. The first-order chi connectivity index (χ1) is 6.47. The van der Waals surface area contributed by atoms with Crippen LogP contribution >= 0.6 is 0 Å². The highest BCUT2D eigenvalue weighted by molar-refractivity contribution is 5.03. The lowest BCUT2D eigenvalue weighted by Gasteiger charge is -2.11. The lowest BCUT2D eigenvalue weighted by molar-refractivity contribution is -0.237. The molecular formula is C7H5F4N2O. The zero-order valence-electron chi connectivity index (χ0n) is 6.97. The summed E-state index contributed by atoms with van der Waals surface area (Å²) in [5, 5.41) is 0. The highest BCUT2D eigenvalue weighted by Gasteiger charge is 2.35. The van der Waals surface area contributed by atoms with Crippen LogP contribution in [0.5, 0.6) is 0 Å². The van der Waals surface area contributed by atoms with E-state index in [0.29, 0.717) is 6.20 Å².